The molecule has 0 aliphatic carbocycles. The molecule has 0 atom stereocenters. The van der Waals surface area contributed by atoms with Crippen molar-refractivity contribution >= 4 is 5.95 Å². The molecule has 28 heavy (non-hydrogen) atoms. The maximum Gasteiger partial charge on any atom is 0.225 e. The third kappa shape index (κ3) is 3.87. The van der Waals surface area contributed by atoms with E-state index in [4.69, 9.17) is 9.97 Å². The van der Waals surface area contributed by atoms with Gasteiger partial charge in [0.2, 0.25) is 5.95 Å². The largest absolute Gasteiger partial charge is 0.338 e. The van der Waals surface area contributed by atoms with Gasteiger partial charge in [0.25, 0.3) is 0 Å². The lowest BCUT2D eigenvalue weighted by molar-refractivity contribution is 0.208. The van der Waals surface area contributed by atoms with Crippen LogP contribution in [0.1, 0.15) is 19.4 Å². The molecule has 3 heterocycles. The fourth-order valence-electron chi connectivity index (χ4n) is 3.54. The molecule has 0 unspecified atom stereocenters. The van der Waals surface area contributed by atoms with Gasteiger partial charge in [-0.25, -0.2) is 19.9 Å². The molecule has 6 heteroatoms. The van der Waals surface area contributed by atoms with E-state index >= 15 is 0 Å². The van der Waals surface area contributed by atoms with Gasteiger partial charge in [-0.05, 0) is 20.8 Å². The number of rotatable bonds is 4. The standard InChI is InChI=1S/C22H26N6/c1-16(2)27-8-10-28(11-9-27)22-25-14-20(19-12-23-15-24-13-19)21(26-22)18-6-4-17(3)5-7-18/h4-7,12-16H,8-11H2,1-3H3. The Hall–Kier alpha value is -2.86. The summed E-state index contributed by atoms with van der Waals surface area (Å²) in [6.07, 6.45) is 7.07. The van der Waals surface area contributed by atoms with Crippen LogP contribution in [-0.4, -0.2) is 57.1 Å². The molecule has 1 aromatic carbocycles. The predicted molar refractivity (Wildman–Crippen MR) is 112 cm³/mol. The molecule has 1 fully saturated rings. The second-order valence-corrected chi connectivity index (χ2v) is 7.54. The molecule has 0 spiro atoms. The number of nitrogens with zero attached hydrogens (tertiary/aromatic N) is 6. The van der Waals surface area contributed by atoms with E-state index in [0.717, 1.165) is 54.5 Å². The molecule has 1 saturated heterocycles. The van der Waals surface area contributed by atoms with E-state index in [-0.39, 0.29) is 0 Å². The molecule has 1 aliphatic rings. The first-order valence-corrected chi connectivity index (χ1v) is 9.80. The number of hydrogen-bond acceptors (Lipinski definition) is 6. The predicted octanol–water partition coefficient (Wildman–Crippen LogP) is 3.44. The number of aryl methyl sites for hydroxylation is 1. The summed E-state index contributed by atoms with van der Waals surface area (Å²) < 4.78 is 0. The average Bonchev–Trinajstić information content (AvgIpc) is 2.74. The van der Waals surface area contributed by atoms with E-state index in [9.17, 15) is 0 Å². The SMILES string of the molecule is Cc1ccc(-c2nc(N3CCN(C(C)C)CC3)ncc2-c2cncnc2)cc1. The van der Waals surface area contributed by atoms with Gasteiger partial charge < -0.3 is 4.90 Å². The van der Waals surface area contributed by atoms with Gasteiger partial charge in [0.15, 0.2) is 0 Å². The molecular formula is C22H26N6. The third-order valence-electron chi connectivity index (χ3n) is 5.30. The Labute approximate surface area is 166 Å². The average molecular weight is 374 g/mol. The number of benzene rings is 1. The Bertz CT molecular complexity index is 916. The van der Waals surface area contributed by atoms with Crippen LogP contribution in [0.2, 0.25) is 0 Å². The van der Waals surface area contributed by atoms with Crippen molar-refractivity contribution in [3.63, 3.8) is 0 Å². The second-order valence-electron chi connectivity index (χ2n) is 7.54. The van der Waals surface area contributed by atoms with Crippen LogP contribution in [0.5, 0.6) is 0 Å². The normalized spacial score (nSPS) is 15.2. The van der Waals surface area contributed by atoms with Crippen LogP contribution in [0.3, 0.4) is 0 Å². The topological polar surface area (TPSA) is 58.0 Å². The van der Waals surface area contributed by atoms with Crippen molar-refractivity contribution in [1.82, 2.24) is 24.8 Å². The molecule has 0 N–H and O–H groups in total. The Morgan fingerprint density at radius 1 is 0.857 bits per heavy atom. The fraction of sp³-hybridized carbons (Fsp3) is 0.364. The highest BCUT2D eigenvalue weighted by Gasteiger charge is 2.22. The highest BCUT2D eigenvalue weighted by atomic mass is 15.3. The summed E-state index contributed by atoms with van der Waals surface area (Å²) in [5, 5.41) is 0. The summed E-state index contributed by atoms with van der Waals surface area (Å²) >= 11 is 0. The zero-order chi connectivity index (χ0) is 19.5. The van der Waals surface area contributed by atoms with Crippen molar-refractivity contribution in [1.29, 1.82) is 0 Å². The zero-order valence-electron chi connectivity index (χ0n) is 16.7. The van der Waals surface area contributed by atoms with E-state index in [1.165, 1.54) is 5.56 Å². The van der Waals surface area contributed by atoms with E-state index in [1.807, 2.05) is 18.6 Å². The minimum absolute atomic E-state index is 0.576. The Kier molecular flexibility index (Phi) is 5.30. The quantitative estimate of drug-likeness (QED) is 0.697. The molecule has 4 rings (SSSR count). The minimum Gasteiger partial charge on any atom is -0.338 e. The summed E-state index contributed by atoms with van der Waals surface area (Å²) in [6, 6.07) is 9.04. The van der Waals surface area contributed by atoms with Crippen LogP contribution in [0, 0.1) is 6.92 Å². The van der Waals surface area contributed by atoms with E-state index in [2.05, 4.69) is 64.8 Å². The van der Waals surface area contributed by atoms with Gasteiger partial charge in [0, 0.05) is 67.5 Å². The van der Waals surface area contributed by atoms with Gasteiger partial charge >= 0.3 is 0 Å². The first-order valence-electron chi connectivity index (χ1n) is 9.80. The second kappa shape index (κ2) is 8.02. The summed E-state index contributed by atoms with van der Waals surface area (Å²) in [4.78, 5) is 22.8. The molecule has 6 nitrogen and oxygen atoms in total. The van der Waals surface area contributed by atoms with E-state index < -0.39 is 0 Å². The lowest BCUT2D eigenvalue weighted by Gasteiger charge is -2.37. The van der Waals surface area contributed by atoms with Crippen LogP contribution in [0.4, 0.5) is 5.95 Å². The van der Waals surface area contributed by atoms with Crippen molar-refractivity contribution in [3.05, 3.63) is 54.7 Å². The van der Waals surface area contributed by atoms with Gasteiger partial charge in [-0.15, -0.1) is 0 Å². The smallest absolute Gasteiger partial charge is 0.225 e. The molecule has 0 saturated carbocycles. The molecule has 0 bridgehead atoms. The highest BCUT2D eigenvalue weighted by molar-refractivity contribution is 5.80. The zero-order valence-corrected chi connectivity index (χ0v) is 16.7. The van der Waals surface area contributed by atoms with E-state index in [1.54, 1.807) is 6.33 Å². The lowest BCUT2D eigenvalue weighted by atomic mass is 10.0. The van der Waals surface area contributed by atoms with Crippen molar-refractivity contribution in [2.45, 2.75) is 26.8 Å². The summed E-state index contributed by atoms with van der Waals surface area (Å²) in [6.45, 7) is 10.6. The third-order valence-corrected chi connectivity index (χ3v) is 5.30. The Balaban J connectivity index is 1.71. The Morgan fingerprint density at radius 3 is 2.18 bits per heavy atom. The number of anilines is 1. The fourth-order valence-corrected chi connectivity index (χ4v) is 3.54. The number of hydrogen-bond donors (Lipinski definition) is 0. The lowest BCUT2D eigenvalue weighted by Crippen LogP contribution is -2.49. The minimum atomic E-state index is 0.576. The van der Waals surface area contributed by atoms with Gasteiger partial charge in [0.05, 0.1) is 5.69 Å². The monoisotopic (exact) mass is 374 g/mol. The summed E-state index contributed by atoms with van der Waals surface area (Å²) in [5.74, 6) is 0.791. The molecular weight excluding hydrogens is 348 g/mol. The summed E-state index contributed by atoms with van der Waals surface area (Å²) in [5.41, 5.74) is 5.11. The van der Waals surface area contributed by atoms with Crippen molar-refractivity contribution < 1.29 is 0 Å². The van der Waals surface area contributed by atoms with Crippen LogP contribution >= 0.6 is 0 Å². The Morgan fingerprint density at radius 2 is 1.54 bits per heavy atom. The molecule has 2 aromatic heterocycles. The molecule has 0 radical (unpaired) electrons. The van der Waals surface area contributed by atoms with Crippen molar-refractivity contribution in [2.24, 2.45) is 0 Å². The van der Waals surface area contributed by atoms with Crippen LogP contribution in [0.15, 0.2) is 49.2 Å². The van der Waals surface area contributed by atoms with Crippen molar-refractivity contribution in [2.75, 3.05) is 31.1 Å². The maximum atomic E-state index is 4.98. The summed E-state index contributed by atoms with van der Waals surface area (Å²) in [7, 11) is 0. The molecule has 1 aliphatic heterocycles. The van der Waals surface area contributed by atoms with Crippen molar-refractivity contribution in [3.8, 4) is 22.4 Å². The molecule has 0 amide bonds. The highest BCUT2D eigenvalue weighted by Crippen LogP contribution is 2.31. The first kappa shape index (κ1) is 18.5. The van der Waals surface area contributed by atoms with Gasteiger partial charge in [0.1, 0.15) is 6.33 Å². The van der Waals surface area contributed by atoms with Gasteiger partial charge in [-0.3, -0.25) is 4.90 Å². The molecule has 3 aromatic rings. The van der Waals surface area contributed by atoms with Gasteiger partial charge in [-0.2, -0.15) is 0 Å². The maximum absolute atomic E-state index is 4.98. The van der Waals surface area contributed by atoms with Crippen LogP contribution < -0.4 is 4.90 Å². The van der Waals surface area contributed by atoms with Gasteiger partial charge in [-0.1, -0.05) is 29.8 Å². The van der Waals surface area contributed by atoms with Crippen LogP contribution in [0.25, 0.3) is 22.4 Å². The molecule has 144 valence electrons. The van der Waals surface area contributed by atoms with Crippen LogP contribution in [-0.2, 0) is 0 Å². The first-order chi connectivity index (χ1) is 13.6. The van der Waals surface area contributed by atoms with E-state index in [0.29, 0.717) is 6.04 Å². The number of aromatic nitrogens is 4. The number of piperazine rings is 1.